The quantitative estimate of drug-likeness (QED) is 0.723. The third-order valence-corrected chi connectivity index (χ3v) is 4.00. The van der Waals surface area contributed by atoms with Gasteiger partial charge in [-0.15, -0.1) is 0 Å². The standard InChI is InChI=1S/C18H14F3NO4/c1-9-12(5-6-13-14(9)15(17(23)24)10(2)26-13)25-8-11-4-3-7-22-16(11)18(19,20)21/h3-7H,8H2,1-2H3,(H,23,24). The number of nitrogens with zero attached hydrogens (tertiary/aromatic N) is 1. The van der Waals surface area contributed by atoms with Crippen LogP contribution >= 0.6 is 0 Å². The number of hydrogen-bond donors (Lipinski definition) is 1. The van der Waals surface area contributed by atoms with E-state index in [-0.39, 0.29) is 29.2 Å². The molecule has 0 amide bonds. The lowest BCUT2D eigenvalue weighted by atomic mass is 10.0. The molecule has 0 unspecified atom stereocenters. The van der Waals surface area contributed by atoms with E-state index in [9.17, 15) is 23.1 Å². The van der Waals surface area contributed by atoms with E-state index in [2.05, 4.69) is 4.98 Å². The molecule has 3 aromatic rings. The molecule has 1 N–H and O–H groups in total. The number of aryl methyl sites for hydroxylation is 2. The van der Waals surface area contributed by atoms with Crippen LogP contribution in [0, 0.1) is 13.8 Å². The van der Waals surface area contributed by atoms with Gasteiger partial charge in [0.25, 0.3) is 0 Å². The second kappa shape index (κ2) is 6.36. The molecule has 0 bridgehead atoms. The smallest absolute Gasteiger partial charge is 0.433 e. The van der Waals surface area contributed by atoms with Crippen LogP contribution in [0.15, 0.2) is 34.9 Å². The van der Waals surface area contributed by atoms with Gasteiger partial charge < -0.3 is 14.3 Å². The van der Waals surface area contributed by atoms with Gasteiger partial charge in [-0.1, -0.05) is 6.07 Å². The zero-order valence-electron chi connectivity index (χ0n) is 13.8. The minimum Gasteiger partial charge on any atom is -0.489 e. The van der Waals surface area contributed by atoms with E-state index in [0.29, 0.717) is 16.5 Å². The summed E-state index contributed by atoms with van der Waals surface area (Å²) >= 11 is 0. The Labute approximate surface area is 146 Å². The molecule has 0 saturated heterocycles. The van der Waals surface area contributed by atoms with Gasteiger partial charge in [0.2, 0.25) is 0 Å². The number of aromatic nitrogens is 1. The van der Waals surface area contributed by atoms with Gasteiger partial charge in [-0.25, -0.2) is 4.79 Å². The summed E-state index contributed by atoms with van der Waals surface area (Å²) in [5.41, 5.74) is -0.248. The Morgan fingerprint density at radius 2 is 2.00 bits per heavy atom. The normalized spacial score (nSPS) is 11.7. The van der Waals surface area contributed by atoms with Gasteiger partial charge >= 0.3 is 12.1 Å². The first-order valence-electron chi connectivity index (χ1n) is 7.60. The first-order chi connectivity index (χ1) is 12.2. The molecular formula is C18H14F3NO4. The Morgan fingerprint density at radius 3 is 2.65 bits per heavy atom. The van der Waals surface area contributed by atoms with Crippen molar-refractivity contribution < 1.29 is 32.2 Å². The number of pyridine rings is 1. The molecule has 0 aliphatic heterocycles. The molecule has 0 fully saturated rings. The van der Waals surface area contributed by atoms with Crippen molar-refractivity contribution in [3.8, 4) is 5.75 Å². The number of hydrogen-bond acceptors (Lipinski definition) is 4. The van der Waals surface area contributed by atoms with Crippen molar-refractivity contribution in [1.82, 2.24) is 4.98 Å². The number of benzene rings is 1. The van der Waals surface area contributed by atoms with Crippen LogP contribution in [-0.2, 0) is 12.8 Å². The number of carboxylic acid groups (broad SMARTS) is 1. The monoisotopic (exact) mass is 365 g/mol. The molecule has 0 spiro atoms. The third-order valence-electron chi connectivity index (χ3n) is 4.00. The fraction of sp³-hybridized carbons (Fsp3) is 0.222. The topological polar surface area (TPSA) is 72.6 Å². The lowest BCUT2D eigenvalue weighted by Crippen LogP contribution is -2.13. The molecule has 1 aromatic carbocycles. The summed E-state index contributed by atoms with van der Waals surface area (Å²) in [7, 11) is 0. The van der Waals surface area contributed by atoms with E-state index in [1.54, 1.807) is 6.92 Å². The Bertz CT molecular complexity index is 992. The van der Waals surface area contributed by atoms with Gasteiger partial charge in [0.15, 0.2) is 5.69 Å². The summed E-state index contributed by atoms with van der Waals surface area (Å²) in [5, 5.41) is 9.74. The Morgan fingerprint density at radius 1 is 1.27 bits per heavy atom. The molecule has 136 valence electrons. The molecule has 0 saturated carbocycles. The fourth-order valence-electron chi connectivity index (χ4n) is 2.84. The minimum absolute atomic E-state index is 0.0142. The van der Waals surface area contributed by atoms with Crippen molar-refractivity contribution in [3.63, 3.8) is 0 Å². The van der Waals surface area contributed by atoms with Crippen molar-refractivity contribution in [1.29, 1.82) is 0 Å². The van der Waals surface area contributed by atoms with E-state index in [4.69, 9.17) is 9.15 Å². The molecule has 26 heavy (non-hydrogen) atoms. The van der Waals surface area contributed by atoms with E-state index < -0.39 is 17.8 Å². The number of alkyl halides is 3. The highest BCUT2D eigenvalue weighted by Gasteiger charge is 2.35. The molecule has 2 aromatic heterocycles. The molecule has 0 aliphatic carbocycles. The van der Waals surface area contributed by atoms with Crippen molar-refractivity contribution >= 4 is 16.9 Å². The van der Waals surface area contributed by atoms with Gasteiger partial charge in [-0.3, -0.25) is 4.98 Å². The van der Waals surface area contributed by atoms with Gasteiger partial charge in [-0.05, 0) is 32.0 Å². The van der Waals surface area contributed by atoms with Crippen molar-refractivity contribution in [2.75, 3.05) is 0 Å². The van der Waals surface area contributed by atoms with Crippen molar-refractivity contribution in [2.24, 2.45) is 0 Å². The summed E-state index contributed by atoms with van der Waals surface area (Å²) in [6.07, 6.45) is -3.52. The van der Waals surface area contributed by atoms with Gasteiger partial charge in [0, 0.05) is 22.7 Å². The Kier molecular flexibility index (Phi) is 4.35. The first kappa shape index (κ1) is 17.8. The summed E-state index contributed by atoms with van der Waals surface area (Å²) in [5.74, 6) is -0.620. The highest BCUT2D eigenvalue weighted by atomic mass is 19.4. The predicted molar refractivity (Wildman–Crippen MR) is 86.2 cm³/mol. The second-order valence-electron chi connectivity index (χ2n) is 5.70. The average molecular weight is 365 g/mol. The second-order valence-corrected chi connectivity index (χ2v) is 5.70. The third kappa shape index (κ3) is 3.10. The first-order valence-corrected chi connectivity index (χ1v) is 7.60. The van der Waals surface area contributed by atoms with Gasteiger partial charge in [0.05, 0.1) is 0 Å². The summed E-state index contributed by atoms with van der Waals surface area (Å²) < 4.78 is 50.0. The number of furan rings is 1. The molecule has 0 radical (unpaired) electrons. The molecular weight excluding hydrogens is 351 g/mol. The molecule has 2 heterocycles. The van der Waals surface area contributed by atoms with Crippen molar-refractivity contribution in [3.05, 3.63) is 58.6 Å². The average Bonchev–Trinajstić information content (AvgIpc) is 2.91. The van der Waals surface area contributed by atoms with Crippen LogP contribution in [-0.4, -0.2) is 16.1 Å². The van der Waals surface area contributed by atoms with Crippen LogP contribution < -0.4 is 4.74 Å². The highest BCUT2D eigenvalue weighted by Crippen LogP contribution is 2.35. The van der Waals surface area contributed by atoms with Crippen LogP contribution in [0.2, 0.25) is 0 Å². The summed E-state index contributed by atoms with van der Waals surface area (Å²) in [4.78, 5) is 14.8. The summed E-state index contributed by atoms with van der Waals surface area (Å²) in [6, 6.07) is 5.75. The zero-order valence-corrected chi connectivity index (χ0v) is 13.8. The van der Waals surface area contributed by atoms with E-state index in [1.165, 1.54) is 31.2 Å². The largest absolute Gasteiger partial charge is 0.489 e. The molecule has 0 atom stereocenters. The van der Waals surface area contributed by atoms with Crippen LogP contribution in [0.25, 0.3) is 11.0 Å². The Hall–Kier alpha value is -3.03. The maximum Gasteiger partial charge on any atom is 0.433 e. The molecule has 5 nitrogen and oxygen atoms in total. The van der Waals surface area contributed by atoms with Crippen LogP contribution in [0.1, 0.15) is 32.9 Å². The lowest BCUT2D eigenvalue weighted by Gasteiger charge is -2.14. The van der Waals surface area contributed by atoms with Gasteiger partial charge in [0.1, 0.15) is 29.3 Å². The SMILES string of the molecule is Cc1oc2ccc(OCc3cccnc3C(F)(F)F)c(C)c2c1C(=O)O. The maximum atomic E-state index is 13.0. The van der Waals surface area contributed by atoms with Crippen LogP contribution in [0.5, 0.6) is 5.75 Å². The number of fused-ring (bicyclic) bond motifs is 1. The molecule has 8 heteroatoms. The number of carbonyl (C=O) groups is 1. The lowest BCUT2D eigenvalue weighted by molar-refractivity contribution is -0.142. The number of aromatic carboxylic acids is 1. The highest BCUT2D eigenvalue weighted by molar-refractivity contribution is 6.05. The molecule has 3 rings (SSSR count). The zero-order chi connectivity index (χ0) is 19.1. The maximum absolute atomic E-state index is 13.0. The predicted octanol–water partition coefficient (Wildman–Crippen LogP) is 4.74. The minimum atomic E-state index is -4.59. The molecule has 0 aliphatic rings. The van der Waals surface area contributed by atoms with E-state index >= 15 is 0 Å². The van der Waals surface area contributed by atoms with E-state index in [0.717, 1.165) is 6.20 Å². The number of ether oxygens (including phenoxy) is 1. The van der Waals surface area contributed by atoms with Crippen molar-refractivity contribution in [2.45, 2.75) is 26.6 Å². The van der Waals surface area contributed by atoms with Crippen LogP contribution in [0.4, 0.5) is 13.2 Å². The summed E-state index contributed by atoms with van der Waals surface area (Å²) in [6.45, 7) is 2.82. The van der Waals surface area contributed by atoms with Crippen LogP contribution in [0.3, 0.4) is 0 Å². The fourth-order valence-corrected chi connectivity index (χ4v) is 2.84. The Balaban J connectivity index is 1.98. The van der Waals surface area contributed by atoms with Gasteiger partial charge in [-0.2, -0.15) is 13.2 Å². The number of carboxylic acids is 1. The number of halogens is 3. The van der Waals surface area contributed by atoms with E-state index in [1.807, 2.05) is 0 Å². The number of rotatable bonds is 4.